The number of benzene rings is 2. The van der Waals surface area contributed by atoms with Gasteiger partial charge in [-0.1, -0.05) is 25.1 Å². The third-order valence-corrected chi connectivity index (χ3v) is 4.02. The Kier molecular flexibility index (Phi) is 3.35. The summed E-state index contributed by atoms with van der Waals surface area (Å²) in [4.78, 5) is 11.8. The number of methoxy groups -OCH3 is 1. The van der Waals surface area contributed by atoms with Crippen LogP contribution in [0.3, 0.4) is 0 Å². The number of carbonyl (C=O) groups is 1. The number of ether oxygens (including phenoxy) is 1. The molecule has 1 aliphatic carbocycles. The van der Waals surface area contributed by atoms with Gasteiger partial charge in [0.05, 0.1) is 7.11 Å². The van der Waals surface area contributed by atoms with Crippen molar-refractivity contribution in [3.63, 3.8) is 0 Å². The summed E-state index contributed by atoms with van der Waals surface area (Å²) in [5, 5.41) is 5.33. The molecule has 3 heteroatoms. The zero-order valence-corrected chi connectivity index (χ0v) is 11.8. The highest BCUT2D eigenvalue weighted by Gasteiger charge is 2.38. The predicted molar refractivity (Wildman–Crippen MR) is 79.6 cm³/mol. The third-order valence-electron chi connectivity index (χ3n) is 4.02. The highest BCUT2D eigenvalue weighted by Crippen LogP contribution is 2.37. The summed E-state index contributed by atoms with van der Waals surface area (Å²) >= 11 is 0. The molecular weight excluding hydrogens is 250 g/mol. The Bertz CT molecular complexity index is 650. The summed E-state index contributed by atoms with van der Waals surface area (Å²) in [5.74, 6) is 1.84. The Labute approximate surface area is 118 Å². The number of carbonyl (C=O) groups excluding carboxylic acids is 1. The first-order valence-corrected chi connectivity index (χ1v) is 7.02. The molecule has 0 aromatic heterocycles. The molecule has 0 spiro atoms. The van der Waals surface area contributed by atoms with Crippen molar-refractivity contribution in [2.24, 2.45) is 11.8 Å². The van der Waals surface area contributed by atoms with E-state index < -0.39 is 0 Å². The van der Waals surface area contributed by atoms with Gasteiger partial charge in [0.2, 0.25) is 5.91 Å². The molecule has 3 nitrogen and oxygen atoms in total. The summed E-state index contributed by atoms with van der Waals surface area (Å²) in [6, 6.07) is 12.3. The van der Waals surface area contributed by atoms with Gasteiger partial charge in [-0.15, -0.1) is 0 Å². The average molecular weight is 269 g/mol. The Morgan fingerprint density at radius 1 is 1.25 bits per heavy atom. The summed E-state index contributed by atoms with van der Waals surface area (Å²) < 4.78 is 5.22. The lowest BCUT2D eigenvalue weighted by atomic mass is 10.1. The van der Waals surface area contributed by atoms with E-state index in [0.717, 1.165) is 28.5 Å². The minimum Gasteiger partial charge on any atom is -0.497 e. The fourth-order valence-corrected chi connectivity index (χ4v) is 2.52. The molecule has 2 aromatic carbocycles. The van der Waals surface area contributed by atoms with Crippen LogP contribution in [0.25, 0.3) is 10.8 Å². The van der Waals surface area contributed by atoms with E-state index in [4.69, 9.17) is 4.74 Å². The van der Waals surface area contributed by atoms with Gasteiger partial charge in [-0.2, -0.15) is 0 Å². The molecule has 0 unspecified atom stereocenters. The fraction of sp³-hybridized carbons (Fsp3) is 0.353. The molecule has 20 heavy (non-hydrogen) atoms. The van der Waals surface area contributed by atoms with Crippen molar-refractivity contribution >= 4 is 16.7 Å². The van der Waals surface area contributed by atoms with E-state index >= 15 is 0 Å². The van der Waals surface area contributed by atoms with Gasteiger partial charge in [-0.05, 0) is 46.9 Å². The summed E-state index contributed by atoms with van der Waals surface area (Å²) in [5.41, 5.74) is 1.13. The van der Waals surface area contributed by atoms with Gasteiger partial charge in [-0.25, -0.2) is 0 Å². The lowest BCUT2D eigenvalue weighted by molar-refractivity contribution is -0.122. The van der Waals surface area contributed by atoms with Gasteiger partial charge in [-0.3, -0.25) is 4.79 Å². The molecule has 1 N–H and O–H groups in total. The van der Waals surface area contributed by atoms with Gasteiger partial charge in [0.1, 0.15) is 5.75 Å². The first-order valence-electron chi connectivity index (χ1n) is 7.02. The van der Waals surface area contributed by atoms with Gasteiger partial charge in [0.25, 0.3) is 0 Å². The van der Waals surface area contributed by atoms with Crippen LogP contribution >= 0.6 is 0 Å². The smallest absolute Gasteiger partial charge is 0.223 e. The van der Waals surface area contributed by atoms with E-state index in [1.54, 1.807) is 7.11 Å². The second-order valence-electron chi connectivity index (χ2n) is 5.58. The summed E-state index contributed by atoms with van der Waals surface area (Å²) in [7, 11) is 1.67. The molecule has 1 amide bonds. The highest BCUT2D eigenvalue weighted by atomic mass is 16.5. The number of hydrogen-bond donors (Lipinski definition) is 1. The van der Waals surface area contributed by atoms with Crippen molar-refractivity contribution in [2.75, 3.05) is 7.11 Å². The van der Waals surface area contributed by atoms with E-state index in [1.165, 1.54) is 0 Å². The zero-order valence-electron chi connectivity index (χ0n) is 11.8. The maximum atomic E-state index is 11.8. The molecule has 0 saturated heterocycles. The standard InChI is InChI=1S/C17H19NO2/c1-11-7-16(11)17(19)18-10-12-3-4-14-9-15(20-2)6-5-13(14)8-12/h3-6,8-9,11,16H,7,10H2,1-2H3,(H,18,19)/t11-,16-/m1/s1. The quantitative estimate of drug-likeness (QED) is 0.926. The minimum atomic E-state index is 0.187. The predicted octanol–water partition coefficient (Wildman–Crippen LogP) is 3.12. The van der Waals surface area contributed by atoms with Crippen molar-refractivity contribution in [3.8, 4) is 5.75 Å². The Balaban J connectivity index is 1.71. The number of rotatable bonds is 4. The second-order valence-corrected chi connectivity index (χ2v) is 5.58. The van der Waals surface area contributed by atoms with Crippen LogP contribution in [0.1, 0.15) is 18.9 Å². The van der Waals surface area contributed by atoms with E-state index in [-0.39, 0.29) is 11.8 Å². The molecule has 0 bridgehead atoms. The first-order chi connectivity index (χ1) is 9.67. The normalized spacial score (nSPS) is 20.7. The SMILES string of the molecule is COc1ccc2cc(CNC(=O)[C@@H]3C[C@H]3C)ccc2c1. The minimum absolute atomic E-state index is 0.187. The Morgan fingerprint density at radius 3 is 2.65 bits per heavy atom. The van der Waals surface area contributed by atoms with Crippen molar-refractivity contribution in [1.82, 2.24) is 5.32 Å². The van der Waals surface area contributed by atoms with Crippen molar-refractivity contribution in [2.45, 2.75) is 19.9 Å². The lowest BCUT2D eigenvalue weighted by Gasteiger charge is -2.07. The van der Waals surface area contributed by atoms with Gasteiger partial charge in [0.15, 0.2) is 0 Å². The van der Waals surface area contributed by atoms with Crippen LogP contribution in [0.5, 0.6) is 5.75 Å². The van der Waals surface area contributed by atoms with E-state index in [1.807, 2.05) is 18.2 Å². The van der Waals surface area contributed by atoms with Crippen LogP contribution in [-0.2, 0) is 11.3 Å². The highest BCUT2D eigenvalue weighted by molar-refractivity contribution is 5.85. The molecule has 0 aliphatic heterocycles. The van der Waals surface area contributed by atoms with Crippen LogP contribution in [0, 0.1) is 11.8 Å². The molecule has 0 heterocycles. The van der Waals surface area contributed by atoms with Crippen LogP contribution in [0.15, 0.2) is 36.4 Å². The van der Waals surface area contributed by atoms with E-state index in [9.17, 15) is 4.79 Å². The van der Waals surface area contributed by atoms with Crippen LogP contribution in [0.2, 0.25) is 0 Å². The summed E-state index contributed by atoms with van der Waals surface area (Å²) in [6.45, 7) is 2.72. The molecule has 1 fully saturated rings. The molecule has 3 rings (SSSR count). The van der Waals surface area contributed by atoms with Gasteiger partial charge < -0.3 is 10.1 Å². The van der Waals surface area contributed by atoms with E-state index in [2.05, 4.69) is 30.4 Å². The van der Waals surface area contributed by atoms with Crippen molar-refractivity contribution in [1.29, 1.82) is 0 Å². The van der Waals surface area contributed by atoms with Crippen LogP contribution in [0.4, 0.5) is 0 Å². The van der Waals surface area contributed by atoms with Crippen LogP contribution in [-0.4, -0.2) is 13.0 Å². The molecular formula is C17H19NO2. The second kappa shape index (κ2) is 5.16. The maximum absolute atomic E-state index is 11.8. The molecule has 1 saturated carbocycles. The number of amides is 1. The molecule has 0 radical (unpaired) electrons. The molecule has 2 atom stereocenters. The molecule has 1 aliphatic rings. The molecule has 2 aromatic rings. The maximum Gasteiger partial charge on any atom is 0.223 e. The third kappa shape index (κ3) is 2.62. The number of hydrogen-bond acceptors (Lipinski definition) is 2. The molecule has 104 valence electrons. The average Bonchev–Trinajstić information content (AvgIpc) is 3.21. The summed E-state index contributed by atoms with van der Waals surface area (Å²) in [6.07, 6.45) is 1.03. The van der Waals surface area contributed by atoms with Crippen LogP contribution < -0.4 is 10.1 Å². The Morgan fingerprint density at radius 2 is 1.95 bits per heavy atom. The lowest BCUT2D eigenvalue weighted by Crippen LogP contribution is -2.24. The van der Waals surface area contributed by atoms with Gasteiger partial charge >= 0.3 is 0 Å². The monoisotopic (exact) mass is 269 g/mol. The number of nitrogens with one attached hydrogen (secondary N) is 1. The van der Waals surface area contributed by atoms with E-state index in [0.29, 0.717) is 12.5 Å². The van der Waals surface area contributed by atoms with Gasteiger partial charge in [0, 0.05) is 12.5 Å². The topological polar surface area (TPSA) is 38.3 Å². The fourth-order valence-electron chi connectivity index (χ4n) is 2.52. The largest absolute Gasteiger partial charge is 0.497 e. The van der Waals surface area contributed by atoms with Crippen molar-refractivity contribution < 1.29 is 9.53 Å². The zero-order chi connectivity index (χ0) is 14.1. The first kappa shape index (κ1) is 13.0. The van der Waals surface area contributed by atoms with Crippen molar-refractivity contribution in [3.05, 3.63) is 42.0 Å². The Hall–Kier alpha value is -2.03. The number of fused-ring (bicyclic) bond motifs is 1.